The number of benzene rings is 1. The first-order valence-electron chi connectivity index (χ1n) is 6.25. The summed E-state index contributed by atoms with van der Waals surface area (Å²) in [5.74, 6) is 0.136. The van der Waals surface area contributed by atoms with Gasteiger partial charge in [0.1, 0.15) is 5.82 Å². The van der Waals surface area contributed by atoms with Gasteiger partial charge in [0.15, 0.2) is 0 Å². The Balaban J connectivity index is 2.05. The Morgan fingerprint density at radius 1 is 1.50 bits per heavy atom. The van der Waals surface area contributed by atoms with E-state index in [1.807, 2.05) is 0 Å². The average Bonchev–Trinajstić information content (AvgIpc) is 2.79. The predicted octanol–water partition coefficient (Wildman–Crippen LogP) is 3.43. The fraction of sp³-hybridized carbons (Fsp3) is 0.500. The van der Waals surface area contributed by atoms with Crippen molar-refractivity contribution >= 4 is 21.8 Å². The number of alkyl halides is 1. The van der Waals surface area contributed by atoms with E-state index in [-0.39, 0.29) is 17.8 Å². The first kappa shape index (κ1) is 13.5. The van der Waals surface area contributed by atoms with Crippen molar-refractivity contribution < 1.29 is 9.18 Å². The first-order chi connectivity index (χ1) is 8.61. The van der Waals surface area contributed by atoms with Gasteiger partial charge in [-0.05, 0) is 49.4 Å². The molecule has 1 aromatic rings. The summed E-state index contributed by atoms with van der Waals surface area (Å²) in [6, 6.07) is 4.72. The molecule has 0 aromatic heterocycles. The van der Waals surface area contributed by atoms with Gasteiger partial charge in [0, 0.05) is 16.9 Å². The Kier molecular flexibility index (Phi) is 4.38. The second-order valence-corrected chi connectivity index (χ2v) is 5.54. The molecule has 1 amide bonds. The molecule has 2 rings (SSSR count). The third kappa shape index (κ3) is 2.91. The lowest BCUT2D eigenvalue weighted by Crippen LogP contribution is -2.37. The second-order valence-electron chi connectivity index (χ2n) is 4.89. The molecule has 2 unspecified atom stereocenters. The molecule has 4 heteroatoms. The molecule has 1 aliphatic carbocycles. The summed E-state index contributed by atoms with van der Waals surface area (Å²) in [5.41, 5.74) is 1.04. The molecule has 1 N–H and O–H groups in total. The van der Waals surface area contributed by atoms with Crippen LogP contribution in [0.15, 0.2) is 18.2 Å². The Labute approximate surface area is 115 Å². The zero-order valence-electron chi connectivity index (χ0n) is 10.4. The maximum absolute atomic E-state index is 13.1. The van der Waals surface area contributed by atoms with E-state index >= 15 is 0 Å². The van der Waals surface area contributed by atoms with Crippen molar-refractivity contribution in [3.05, 3.63) is 35.1 Å². The summed E-state index contributed by atoms with van der Waals surface area (Å²) in [5, 5.41) is 3.97. The molecule has 0 saturated heterocycles. The molecule has 0 radical (unpaired) electrons. The van der Waals surface area contributed by atoms with Crippen LogP contribution in [0, 0.1) is 18.7 Å². The highest BCUT2D eigenvalue weighted by Crippen LogP contribution is 2.27. The monoisotopic (exact) mass is 313 g/mol. The smallest absolute Gasteiger partial charge is 0.251 e. The largest absolute Gasteiger partial charge is 0.349 e. The highest BCUT2D eigenvalue weighted by Gasteiger charge is 2.27. The molecular formula is C14H17BrFNO. The number of carbonyl (C=O) groups excluding carboxylic acids is 1. The lowest BCUT2D eigenvalue weighted by molar-refractivity contribution is 0.0930. The Hall–Kier alpha value is -0.900. The summed E-state index contributed by atoms with van der Waals surface area (Å²) in [7, 11) is 0. The van der Waals surface area contributed by atoms with Crippen molar-refractivity contribution in [3.8, 4) is 0 Å². The van der Waals surface area contributed by atoms with Gasteiger partial charge in [-0.1, -0.05) is 22.4 Å². The van der Waals surface area contributed by atoms with Gasteiger partial charge < -0.3 is 5.32 Å². The summed E-state index contributed by atoms with van der Waals surface area (Å²) < 4.78 is 13.1. The van der Waals surface area contributed by atoms with Crippen LogP contribution in [-0.2, 0) is 0 Å². The number of aryl methyl sites for hydroxylation is 1. The summed E-state index contributed by atoms with van der Waals surface area (Å²) in [6.45, 7) is 1.67. The minimum Gasteiger partial charge on any atom is -0.349 e. The quantitative estimate of drug-likeness (QED) is 0.851. The molecule has 1 fully saturated rings. The fourth-order valence-corrected chi connectivity index (χ4v) is 3.22. The van der Waals surface area contributed by atoms with Crippen LogP contribution in [0.4, 0.5) is 4.39 Å². The maximum Gasteiger partial charge on any atom is 0.251 e. The standard InChI is InChI=1S/C14H17BrFNO/c1-9-7-10(5-6-12(9)16)14(18)17-13-4-2-3-11(13)8-15/h5-7,11,13H,2-4,8H2,1H3,(H,17,18). The third-order valence-electron chi connectivity index (χ3n) is 3.59. The Morgan fingerprint density at radius 2 is 2.28 bits per heavy atom. The van der Waals surface area contributed by atoms with E-state index in [4.69, 9.17) is 0 Å². The zero-order chi connectivity index (χ0) is 13.1. The minimum atomic E-state index is -0.272. The van der Waals surface area contributed by atoms with Crippen LogP contribution >= 0.6 is 15.9 Å². The van der Waals surface area contributed by atoms with Gasteiger partial charge in [-0.15, -0.1) is 0 Å². The number of halogens is 2. The van der Waals surface area contributed by atoms with Gasteiger partial charge in [-0.25, -0.2) is 4.39 Å². The van der Waals surface area contributed by atoms with Crippen LogP contribution in [0.1, 0.15) is 35.2 Å². The van der Waals surface area contributed by atoms with Crippen LogP contribution in [-0.4, -0.2) is 17.3 Å². The average molecular weight is 314 g/mol. The SMILES string of the molecule is Cc1cc(C(=O)NC2CCCC2CBr)ccc1F. The molecule has 0 bridgehead atoms. The minimum absolute atomic E-state index is 0.101. The van der Waals surface area contributed by atoms with Crippen LogP contribution in [0.3, 0.4) is 0 Å². The van der Waals surface area contributed by atoms with E-state index in [0.717, 1.165) is 24.6 Å². The summed E-state index contributed by atoms with van der Waals surface area (Å²) in [4.78, 5) is 12.1. The molecular weight excluding hydrogens is 297 g/mol. The number of hydrogen-bond donors (Lipinski definition) is 1. The summed E-state index contributed by atoms with van der Waals surface area (Å²) >= 11 is 3.48. The van der Waals surface area contributed by atoms with Crippen LogP contribution in [0.2, 0.25) is 0 Å². The van der Waals surface area contributed by atoms with Gasteiger partial charge in [-0.2, -0.15) is 0 Å². The number of rotatable bonds is 3. The van der Waals surface area contributed by atoms with E-state index in [9.17, 15) is 9.18 Å². The highest BCUT2D eigenvalue weighted by molar-refractivity contribution is 9.09. The Morgan fingerprint density at radius 3 is 2.94 bits per heavy atom. The molecule has 0 heterocycles. The third-order valence-corrected chi connectivity index (χ3v) is 4.43. The zero-order valence-corrected chi connectivity index (χ0v) is 12.0. The van der Waals surface area contributed by atoms with Gasteiger partial charge >= 0.3 is 0 Å². The molecule has 1 aromatic carbocycles. The van der Waals surface area contributed by atoms with Gasteiger partial charge in [0.25, 0.3) is 5.91 Å². The molecule has 1 saturated carbocycles. The van der Waals surface area contributed by atoms with Crippen LogP contribution < -0.4 is 5.32 Å². The molecule has 2 atom stereocenters. The fourth-order valence-electron chi connectivity index (χ4n) is 2.45. The highest BCUT2D eigenvalue weighted by atomic mass is 79.9. The molecule has 1 aliphatic rings. The van der Waals surface area contributed by atoms with Gasteiger partial charge in [0.2, 0.25) is 0 Å². The van der Waals surface area contributed by atoms with Crippen LogP contribution in [0.5, 0.6) is 0 Å². The lowest BCUT2D eigenvalue weighted by atomic mass is 10.1. The normalized spacial score (nSPS) is 23.1. The molecule has 0 aliphatic heterocycles. The second kappa shape index (κ2) is 5.83. The van der Waals surface area contributed by atoms with Gasteiger partial charge in [0.05, 0.1) is 0 Å². The van der Waals surface area contributed by atoms with Crippen molar-refractivity contribution in [2.45, 2.75) is 32.2 Å². The van der Waals surface area contributed by atoms with E-state index in [1.54, 1.807) is 13.0 Å². The number of carbonyl (C=O) groups is 1. The molecule has 18 heavy (non-hydrogen) atoms. The molecule has 2 nitrogen and oxygen atoms in total. The lowest BCUT2D eigenvalue weighted by Gasteiger charge is -2.19. The maximum atomic E-state index is 13.1. The van der Waals surface area contributed by atoms with E-state index in [2.05, 4.69) is 21.2 Å². The van der Waals surface area contributed by atoms with Crippen molar-refractivity contribution in [1.82, 2.24) is 5.32 Å². The number of nitrogens with one attached hydrogen (secondary N) is 1. The van der Waals surface area contributed by atoms with E-state index < -0.39 is 0 Å². The van der Waals surface area contributed by atoms with Crippen molar-refractivity contribution in [2.75, 3.05) is 5.33 Å². The topological polar surface area (TPSA) is 29.1 Å². The van der Waals surface area contributed by atoms with Gasteiger partial charge in [-0.3, -0.25) is 4.79 Å². The molecule has 0 spiro atoms. The Bertz CT molecular complexity index is 449. The van der Waals surface area contributed by atoms with Crippen molar-refractivity contribution in [2.24, 2.45) is 5.92 Å². The van der Waals surface area contributed by atoms with E-state index in [1.165, 1.54) is 12.1 Å². The van der Waals surface area contributed by atoms with Crippen molar-refractivity contribution in [3.63, 3.8) is 0 Å². The van der Waals surface area contributed by atoms with E-state index in [0.29, 0.717) is 17.0 Å². The molecule has 98 valence electrons. The first-order valence-corrected chi connectivity index (χ1v) is 7.37. The van der Waals surface area contributed by atoms with Crippen LogP contribution in [0.25, 0.3) is 0 Å². The number of amides is 1. The van der Waals surface area contributed by atoms with Crippen molar-refractivity contribution in [1.29, 1.82) is 0 Å². The summed E-state index contributed by atoms with van der Waals surface area (Å²) in [6.07, 6.45) is 3.34. The predicted molar refractivity (Wildman–Crippen MR) is 73.5 cm³/mol. The number of hydrogen-bond acceptors (Lipinski definition) is 1.